The van der Waals surface area contributed by atoms with E-state index in [2.05, 4.69) is 15.2 Å². The average molecular weight is 335 g/mol. The first-order valence-corrected chi connectivity index (χ1v) is 8.29. The number of carbonyl (C=O) groups is 1. The largest absolute Gasteiger partial charge is 0.454 e. The van der Waals surface area contributed by atoms with Gasteiger partial charge in [-0.25, -0.2) is 9.78 Å². The molecule has 4 rings (SSSR count). The molecule has 0 aliphatic carbocycles. The van der Waals surface area contributed by atoms with E-state index >= 15 is 0 Å². The van der Waals surface area contributed by atoms with Gasteiger partial charge in [0.05, 0.1) is 11.2 Å². The van der Waals surface area contributed by atoms with Gasteiger partial charge in [0.1, 0.15) is 11.6 Å². The number of hydrogen-bond acceptors (Lipinski definition) is 5. The molecule has 0 saturated carbocycles. The number of fused-ring (bicyclic) bond motifs is 1. The van der Waals surface area contributed by atoms with Crippen molar-refractivity contribution in [3.05, 3.63) is 71.4 Å². The van der Waals surface area contributed by atoms with Gasteiger partial charge in [0, 0.05) is 16.3 Å². The minimum Gasteiger partial charge on any atom is -0.454 e. The molecule has 1 N–H and O–H groups in total. The molecule has 0 atom stereocenters. The molecule has 2 aromatic carbocycles. The Bertz CT molecular complexity index is 992. The minimum absolute atomic E-state index is 0.128. The van der Waals surface area contributed by atoms with Gasteiger partial charge in [-0.3, -0.25) is 5.10 Å². The third-order valence-corrected chi connectivity index (χ3v) is 4.53. The first kappa shape index (κ1) is 14.6. The van der Waals surface area contributed by atoms with E-state index in [9.17, 15) is 4.79 Å². The van der Waals surface area contributed by atoms with Crippen LogP contribution >= 0.6 is 11.3 Å². The first-order chi connectivity index (χ1) is 11.8. The normalized spacial score (nSPS) is 10.8. The van der Waals surface area contributed by atoms with Gasteiger partial charge in [0.25, 0.3) is 0 Å². The molecule has 2 heterocycles. The van der Waals surface area contributed by atoms with Crippen LogP contribution in [0.5, 0.6) is 0 Å². The van der Waals surface area contributed by atoms with Crippen LogP contribution in [0, 0.1) is 0 Å². The highest BCUT2D eigenvalue weighted by atomic mass is 32.1. The molecule has 4 aromatic rings. The van der Waals surface area contributed by atoms with Crippen molar-refractivity contribution >= 4 is 28.2 Å². The second-order valence-electron chi connectivity index (χ2n) is 5.20. The summed E-state index contributed by atoms with van der Waals surface area (Å²) in [6, 6.07) is 17.4. The molecule has 0 fully saturated rings. The van der Waals surface area contributed by atoms with Crippen LogP contribution in [0.2, 0.25) is 0 Å². The van der Waals surface area contributed by atoms with Crippen molar-refractivity contribution in [2.75, 3.05) is 0 Å². The van der Waals surface area contributed by atoms with E-state index in [1.54, 1.807) is 0 Å². The summed E-state index contributed by atoms with van der Waals surface area (Å²) < 4.78 is 5.35. The van der Waals surface area contributed by atoms with Gasteiger partial charge >= 0.3 is 5.97 Å². The molecular weight excluding hydrogens is 322 g/mol. The van der Waals surface area contributed by atoms with Crippen molar-refractivity contribution in [2.45, 2.75) is 6.61 Å². The van der Waals surface area contributed by atoms with Gasteiger partial charge in [-0.15, -0.1) is 11.3 Å². The summed E-state index contributed by atoms with van der Waals surface area (Å²) in [5.41, 5.74) is 2.89. The molecule has 0 amide bonds. The van der Waals surface area contributed by atoms with E-state index in [4.69, 9.17) is 4.74 Å². The predicted molar refractivity (Wildman–Crippen MR) is 92.8 cm³/mol. The quantitative estimate of drug-likeness (QED) is 0.571. The summed E-state index contributed by atoms with van der Waals surface area (Å²) in [6.07, 6.45) is 0. The molecule has 0 radical (unpaired) electrons. The lowest BCUT2D eigenvalue weighted by Gasteiger charge is -2.00. The molecular formula is C18H13N3O2S. The van der Waals surface area contributed by atoms with Crippen LogP contribution in [0.25, 0.3) is 21.5 Å². The summed E-state index contributed by atoms with van der Waals surface area (Å²) in [5.74, 6) is -0.457. The molecule has 0 aliphatic heterocycles. The van der Waals surface area contributed by atoms with Gasteiger partial charge in [-0.2, -0.15) is 5.10 Å². The standard InChI is InChI=1S/C18H13N3O2S/c22-18(16-14-8-4-5-9-15(14)20-21-16)23-10-13-11-24-17(19-13)12-6-2-1-3-7-12/h1-9,11H,10H2,(H,20,21). The van der Waals surface area contributed by atoms with Gasteiger partial charge in [-0.05, 0) is 6.07 Å². The Hall–Kier alpha value is -2.99. The van der Waals surface area contributed by atoms with Crippen molar-refractivity contribution in [3.63, 3.8) is 0 Å². The second-order valence-corrected chi connectivity index (χ2v) is 6.06. The molecule has 0 saturated heterocycles. The fourth-order valence-corrected chi connectivity index (χ4v) is 3.22. The number of aromatic amines is 1. The van der Waals surface area contributed by atoms with Gasteiger partial charge < -0.3 is 4.74 Å². The maximum atomic E-state index is 12.2. The summed E-state index contributed by atoms with van der Waals surface area (Å²) in [6.45, 7) is 0.128. The lowest BCUT2D eigenvalue weighted by Crippen LogP contribution is -2.06. The number of aromatic nitrogens is 3. The van der Waals surface area contributed by atoms with Gasteiger partial charge in [-0.1, -0.05) is 48.5 Å². The van der Waals surface area contributed by atoms with E-state index in [1.165, 1.54) is 11.3 Å². The van der Waals surface area contributed by atoms with Crippen LogP contribution < -0.4 is 0 Å². The molecule has 24 heavy (non-hydrogen) atoms. The average Bonchev–Trinajstić information content (AvgIpc) is 3.27. The smallest absolute Gasteiger partial charge is 0.359 e. The summed E-state index contributed by atoms with van der Waals surface area (Å²) in [7, 11) is 0. The number of esters is 1. The van der Waals surface area contributed by atoms with Crippen LogP contribution in [-0.2, 0) is 11.3 Å². The molecule has 0 unspecified atom stereocenters. The Morgan fingerprint density at radius 1 is 1.08 bits per heavy atom. The maximum Gasteiger partial charge on any atom is 0.359 e. The number of carbonyl (C=O) groups excluding carboxylic acids is 1. The highest BCUT2D eigenvalue weighted by Gasteiger charge is 2.16. The third kappa shape index (κ3) is 2.79. The maximum absolute atomic E-state index is 12.2. The topological polar surface area (TPSA) is 67.9 Å². The van der Waals surface area contributed by atoms with Crippen LogP contribution in [0.15, 0.2) is 60.0 Å². The number of para-hydroxylation sites is 1. The Kier molecular flexibility index (Phi) is 3.80. The van der Waals surface area contributed by atoms with Crippen LogP contribution in [-0.4, -0.2) is 21.2 Å². The summed E-state index contributed by atoms with van der Waals surface area (Å²) in [4.78, 5) is 16.7. The molecule has 6 heteroatoms. The van der Waals surface area contributed by atoms with Gasteiger partial charge in [0.15, 0.2) is 5.69 Å². The number of nitrogens with one attached hydrogen (secondary N) is 1. The summed E-state index contributed by atoms with van der Waals surface area (Å²) >= 11 is 1.53. The Balaban J connectivity index is 1.47. The zero-order chi connectivity index (χ0) is 16.4. The lowest BCUT2D eigenvalue weighted by atomic mass is 10.2. The van der Waals surface area contributed by atoms with Crippen LogP contribution in [0.4, 0.5) is 0 Å². The molecule has 2 aromatic heterocycles. The van der Waals surface area contributed by atoms with E-state index < -0.39 is 5.97 Å². The van der Waals surface area contributed by atoms with Crippen LogP contribution in [0.3, 0.4) is 0 Å². The number of benzene rings is 2. The lowest BCUT2D eigenvalue weighted by molar-refractivity contribution is 0.0464. The number of thiazole rings is 1. The fraction of sp³-hybridized carbons (Fsp3) is 0.0556. The van der Waals surface area contributed by atoms with Crippen molar-refractivity contribution in [1.29, 1.82) is 0 Å². The zero-order valence-corrected chi connectivity index (χ0v) is 13.4. The van der Waals surface area contributed by atoms with Gasteiger partial charge in [0.2, 0.25) is 0 Å². The number of H-pyrrole nitrogens is 1. The Morgan fingerprint density at radius 2 is 1.88 bits per heavy atom. The highest BCUT2D eigenvalue weighted by Crippen LogP contribution is 2.24. The van der Waals surface area contributed by atoms with E-state index in [1.807, 2.05) is 60.0 Å². The zero-order valence-electron chi connectivity index (χ0n) is 12.6. The second kappa shape index (κ2) is 6.25. The summed E-state index contributed by atoms with van der Waals surface area (Å²) in [5, 5.41) is 10.4. The highest BCUT2D eigenvalue weighted by molar-refractivity contribution is 7.13. The molecule has 0 spiro atoms. The molecule has 5 nitrogen and oxygen atoms in total. The monoisotopic (exact) mass is 335 g/mol. The van der Waals surface area contributed by atoms with E-state index in [-0.39, 0.29) is 6.61 Å². The molecule has 0 aliphatic rings. The molecule has 0 bridgehead atoms. The number of hydrogen-bond donors (Lipinski definition) is 1. The van der Waals surface area contributed by atoms with Crippen molar-refractivity contribution < 1.29 is 9.53 Å². The third-order valence-electron chi connectivity index (χ3n) is 3.59. The van der Waals surface area contributed by atoms with Crippen molar-refractivity contribution in [3.8, 4) is 10.6 Å². The van der Waals surface area contributed by atoms with E-state index in [0.717, 1.165) is 27.2 Å². The minimum atomic E-state index is -0.457. The Morgan fingerprint density at radius 3 is 2.75 bits per heavy atom. The van der Waals surface area contributed by atoms with Crippen LogP contribution in [0.1, 0.15) is 16.2 Å². The van der Waals surface area contributed by atoms with E-state index in [0.29, 0.717) is 5.69 Å². The first-order valence-electron chi connectivity index (χ1n) is 7.41. The van der Waals surface area contributed by atoms with Crippen molar-refractivity contribution in [1.82, 2.24) is 15.2 Å². The predicted octanol–water partition coefficient (Wildman–Crippen LogP) is 4.04. The SMILES string of the molecule is O=C(OCc1csc(-c2ccccc2)n1)c1n[nH]c2ccccc12. The van der Waals surface area contributed by atoms with Crippen molar-refractivity contribution in [2.24, 2.45) is 0 Å². The number of ether oxygens (including phenoxy) is 1. The Labute approximate surface area is 141 Å². The fourth-order valence-electron chi connectivity index (χ4n) is 2.41. The molecule has 118 valence electrons. The number of nitrogens with zero attached hydrogens (tertiary/aromatic N) is 2. The number of rotatable bonds is 4.